The first kappa shape index (κ1) is 19.9. The van der Waals surface area contributed by atoms with E-state index in [4.69, 9.17) is 4.74 Å². The summed E-state index contributed by atoms with van der Waals surface area (Å²) in [5.74, 6) is 0. The van der Waals surface area contributed by atoms with Crippen LogP contribution in [-0.4, -0.2) is 49.5 Å². The predicted octanol–water partition coefficient (Wildman–Crippen LogP) is 3.58. The summed E-state index contributed by atoms with van der Waals surface area (Å²) in [6, 6.07) is 11.9. The monoisotopic (exact) mass is 388 g/mol. The van der Waals surface area contributed by atoms with Crippen molar-refractivity contribution in [2.45, 2.75) is 25.8 Å². The third-order valence-corrected chi connectivity index (χ3v) is 6.34. The number of urea groups is 1. The van der Waals surface area contributed by atoms with Gasteiger partial charge in [0.15, 0.2) is 0 Å². The molecule has 1 fully saturated rings. The van der Waals surface area contributed by atoms with Crippen LogP contribution in [0.3, 0.4) is 0 Å². The van der Waals surface area contributed by atoms with E-state index in [2.05, 4.69) is 30.4 Å². The van der Waals surface area contributed by atoms with Crippen molar-refractivity contribution in [3.05, 3.63) is 57.8 Å². The van der Waals surface area contributed by atoms with E-state index in [1.807, 2.05) is 23.6 Å². The molecule has 6 heteroatoms. The highest BCUT2D eigenvalue weighted by Crippen LogP contribution is 2.32. The Morgan fingerprint density at radius 1 is 1.30 bits per heavy atom. The molecular formula is C21H28N2O3S. The third kappa shape index (κ3) is 4.69. The number of nitrogens with zero attached hydrogens (tertiary/aromatic N) is 1. The van der Waals surface area contributed by atoms with Gasteiger partial charge in [0.25, 0.3) is 0 Å². The molecular weight excluding hydrogens is 360 g/mol. The standard InChI is InChI=1S/C21H28N2O3S/c1-16-6-3-4-7-17(16)19(18-8-5-13-27-18)22-20(25)23(2)14-21(15-24)9-11-26-12-10-21/h3-8,13,19,24H,9-12,14-15H2,1-2H3,(H,22,25). The van der Waals surface area contributed by atoms with Crippen LogP contribution in [0.5, 0.6) is 0 Å². The van der Waals surface area contributed by atoms with Crippen molar-refractivity contribution in [3.63, 3.8) is 0 Å². The van der Waals surface area contributed by atoms with Gasteiger partial charge in [-0.25, -0.2) is 4.79 Å². The normalized spacial score (nSPS) is 17.3. The Morgan fingerprint density at radius 3 is 2.67 bits per heavy atom. The van der Waals surface area contributed by atoms with Gasteiger partial charge in [0.1, 0.15) is 0 Å². The minimum absolute atomic E-state index is 0.0696. The van der Waals surface area contributed by atoms with E-state index in [1.54, 1.807) is 23.3 Å². The molecule has 0 radical (unpaired) electrons. The van der Waals surface area contributed by atoms with Crippen LogP contribution in [0, 0.1) is 12.3 Å². The van der Waals surface area contributed by atoms with Crippen LogP contribution in [0.4, 0.5) is 4.79 Å². The molecule has 0 saturated carbocycles. The van der Waals surface area contributed by atoms with Crippen molar-refractivity contribution < 1.29 is 14.6 Å². The summed E-state index contributed by atoms with van der Waals surface area (Å²) in [4.78, 5) is 15.8. The molecule has 0 aliphatic carbocycles. The lowest BCUT2D eigenvalue weighted by atomic mass is 9.80. The second kappa shape index (κ2) is 8.87. The summed E-state index contributed by atoms with van der Waals surface area (Å²) >= 11 is 1.64. The van der Waals surface area contributed by atoms with Gasteiger partial charge in [0.2, 0.25) is 0 Å². The topological polar surface area (TPSA) is 61.8 Å². The highest BCUT2D eigenvalue weighted by molar-refractivity contribution is 7.10. The van der Waals surface area contributed by atoms with Crippen LogP contribution in [0.1, 0.15) is 34.9 Å². The molecule has 1 aromatic heterocycles. The van der Waals surface area contributed by atoms with E-state index in [1.165, 1.54) is 0 Å². The molecule has 0 bridgehead atoms. The third-order valence-electron chi connectivity index (χ3n) is 5.40. The number of amides is 2. The van der Waals surface area contributed by atoms with Gasteiger partial charge < -0.3 is 20.1 Å². The average molecular weight is 389 g/mol. The highest BCUT2D eigenvalue weighted by Gasteiger charge is 2.34. The lowest BCUT2D eigenvalue weighted by molar-refractivity contribution is -0.0261. The zero-order valence-electron chi connectivity index (χ0n) is 16.0. The molecule has 2 N–H and O–H groups in total. The summed E-state index contributed by atoms with van der Waals surface area (Å²) < 4.78 is 5.42. The van der Waals surface area contributed by atoms with Crippen molar-refractivity contribution in [1.29, 1.82) is 0 Å². The van der Waals surface area contributed by atoms with Gasteiger partial charge in [0, 0.05) is 37.1 Å². The molecule has 2 aromatic rings. The SMILES string of the molecule is Cc1ccccc1C(NC(=O)N(C)CC1(CO)CCOCC1)c1cccs1. The fraction of sp³-hybridized carbons (Fsp3) is 0.476. The van der Waals surface area contributed by atoms with E-state index in [9.17, 15) is 9.90 Å². The second-order valence-corrected chi connectivity index (χ2v) is 8.36. The Morgan fingerprint density at radius 2 is 2.04 bits per heavy atom. The van der Waals surface area contributed by atoms with Crippen LogP contribution in [0.2, 0.25) is 0 Å². The number of aryl methyl sites for hydroxylation is 1. The zero-order chi connectivity index (χ0) is 19.3. The van der Waals surface area contributed by atoms with Crippen molar-refractivity contribution in [3.8, 4) is 0 Å². The Bertz CT molecular complexity index is 742. The Balaban J connectivity index is 1.75. The quantitative estimate of drug-likeness (QED) is 0.795. The summed E-state index contributed by atoms with van der Waals surface area (Å²) in [5.41, 5.74) is 1.98. The van der Waals surface area contributed by atoms with Crippen molar-refractivity contribution in [2.75, 3.05) is 33.4 Å². The maximum absolute atomic E-state index is 13.0. The van der Waals surface area contributed by atoms with Crippen LogP contribution < -0.4 is 5.32 Å². The molecule has 27 heavy (non-hydrogen) atoms. The number of thiophene rings is 1. The number of carbonyl (C=O) groups excluding carboxylic acids is 1. The molecule has 2 amide bonds. The molecule has 1 atom stereocenters. The largest absolute Gasteiger partial charge is 0.396 e. The van der Waals surface area contributed by atoms with E-state index >= 15 is 0 Å². The minimum atomic E-state index is -0.272. The molecule has 1 aliphatic rings. The Labute approximate surface area is 165 Å². The van der Waals surface area contributed by atoms with Gasteiger partial charge in [0.05, 0.1) is 12.6 Å². The summed E-state index contributed by atoms with van der Waals surface area (Å²) in [6.07, 6.45) is 1.54. The van der Waals surface area contributed by atoms with Crippen molar-refractivity contribution >= 4 is 17.4 Å². The first-order valence-electron chi connectivity index (χ1n) is 9.34. The molecule has 2 heterocycles. The lowest BCUT2D eigenvalue weighted by Crippen LogP contribution is -2.48. The van der Waals surface area contributed by atoms with E-state index in [-0.39, 0.29) is 24.1 Å². The zero-order valence-corrected chi connectivity index (χ0v) is 16.8. The molecule has 3 rings (SSSR count). The predicted molar refractivity (Wildman–Crippen MR) is 108 cm³/mol. The molecule has 5 nitrogen and oxygen atoms in total. The molecule has 146 valence electrons. The Hall–Kier alpha value is -1.89. The van der Waals surface area contributed by atoms with Gasteiger partial charge in [-0.05, 0) is 42.3 Å². The van der Waals surface area contributed by atoms with Gasteiger partial charge >= 0.3 is 6.03 Å². The van der Waals surface area contributed by atoms with E-state index in [0.717, 1.165) is 28.8 Å². The first-order valence-corrected chi connectivity index (χ1v) is 10.2. The summed E-state index contributed by atoms with van der Waals surface area (Å²) in [6.45, 7) is 3.92. The highest BCUT2D eigenvalue weighted by atomic mass is 32.1. The minimum Gasteiger partial charge on any atom is -0.396 e. The molecule has 1 aromatic carbocycles. The maximum Gasteiger partial charge on any atom is 0.317 e. The number of rotatable bonds is 6. The van der Waals surface area contributed by atoms with Crippen LogP contribution in [0.15, 0.2) is 41.8 Å². The van der Waals surface area contributed by atoms with Gasteiger partial charge in [-0.15, -0.1) is 11.3 Å². The number of carbonyl (C=O) groups is 1. The lowest BCUT2D eigenvalue weighted by Gasteiger charge is -2.38. The Kier molecular flexibility index (Phi) is 6.52. The smallest absolute Gasteiger partial charge is 0.317 e. The summed E-state index contributed by atoms with van der Waals surface area (Å²) in [7, 11) is 1.80. The fourth-order valence-corrected chi connectivity index (χ4v) is 4.44. The second-order valence-electron chi connectivity index (χ2n) is 7.38. The van der Waals surface area contributed by atoms with Crippen molar-refractivity contribution in [1.82, 2.24) is 10.2 Å². The van der Waals surface area contributed by atoms with Crippen LogP contribution >= 0.6 is 11.3 Å². The van der Waals surface area contributed by atoms with E-state index < -0.39 is 0 Å². The number of nitrogens with one attached hydrogen (secondary N) is 1. The molecule has 1 saturated heterocycles. The van der Waals surface area contributed by atoms with E-state index in [0.29, 0.717) is 19.8 Å². The number of benzene rings is 1. The number of ether oxygens (including phenoxy) is 1. The number of aliphatic hydroxyl groups is 1. The first-order chi connectivity index (χ1) is 13.0. The number of hydrogen-bond donors (Lipinski definition) is 2. The van der Waals surface area contributed by atoms with Gasteiger partial charge in [-0.2, -0.15) is 0 Å². The van der Waals surface area contributed by atoms with Gasteiger partial charge in [-0.3, -0.25) is 0 Å². The average Bonchev–Trinajstić information content (AvgIpc) is 3.22. The number of aliphatic hydroxyl groups excluding tert-OH is 1. The van der Waals surface area contributed by atoms with Crippen molar-refractivity contribution in [2.24, 2.45) is 5.41 Å². The van der Waals surface area contributed by atoms with Gasteiger partial charge in [-0.1, -0.05) is 30.3 Å². The molecule has 1 aliphatic heterocycles. The molecule has 1 unspecified atom stereocenters. The molecule has 0 spiro atoms. The van der Waals surface area contributed by atoms with Crippen LogP contribution in [0.25, 0.3) is 0 Å². The summed E-state index contributed by atoms with van der Waals surface area (Å²) in [5, 5.41) is 15.1. The maximum atomic E-state index is 13.0. The fourth-order valence-electron chi connectivity index (χ4n) is 3.65. The van der Waals surface area contributed by atoms with Crippen LogP contribution in [-0.2, 0) is 4.74 Å². The number of hydrogen-bond acceptors (Lipinski definition) is 4.